The van der Waals surface area contributed by atoms with Crippen molar-refractivity contribution in [2.24, 2.45) is 5.92 Å². The van der Waals surface area contributed by atoms with Crippen LogP contribution in [0.25, 0.3) is 0 Å². The summed E-state index contributed by atoms with van der Waals surface area (Å²) in [6.45, 7) is 7.33. The summed E-state index contributed by atoms with van der Waals surface area (Å²) in [7, 11) is 0. The van der Waals surface area contributed by atoms with Gasteiger partial charge in [-0.15, -0.1) is 0 Å². The van der Waals surface area contributed by atoms with E-state index in [-0.39, 0.29) is 12.7 Å². The lowest BCUT2D eigenvalue weighted by Gasteiger charge is -2.42. The number of rotatable bonds is 3. The molecule has 2 fully saturated rings. The van der Waals surface area contributed by atoms with Gasteiger partial charge in [0, 0.05) is 31.8 Å². The number of carbonyl (C=O) groups excluding carboxylic acids is 1. The van der Waals surface area contributed by atoms with Gasteiger partial charge in [-0.25, -0.2) is 4.79 Å². The van der Waals surface area contributed by atoms with Gasteiger partial charge in [-0.05, 0) is 39.5 Å². The van der Waals surface area contributed by atoms with E-state index in [1.54, 1.807) is 4.90 Å². The number of likely N-dealkylation sites (tertiary alicyclic amines) is 1. The van der Waals surface area contributed by atoms with E-state index in [1.165, 1.54) is 6.42 Å². The summed E-state index contributed by atoms with van der Waals surface area (Å²) in [4.78, 5) is 13.5. The topological polar surface area (TPSA) is 61.8 Å². The minimum atomic E-state index is -0.428. The van der Waals surface area contributed by atoms with E-state index in [1.807, 2.05) is 20.8 Å². The molecule has 0 aromatic heterocycles. The van der Waals surface area contributed by atoms with Crippen LogP contribution >= 0.6 is 0 Å². The lowest BCUT2D eigenvalue weighted by molar-refractivity contribution is 0.00321. The quantitative estimate of drug-likeness (QED) is 0.813. The second-order valence-corrected chi connectivity index (χ2v) is 6.73. The van der Waals surface area contributed by atoms with Gasteiger partial charge in [0.1, 0.15) is 5.60 Å². The molecule has 2 N–H and O–H groups in total. The average Bonchev–Trinajstić information content (AvgIpc) is 2.66. The van der Waals surface area contributed by atoms with Crippen molar-refractivity contribution in [1.29, 1.82) is 0 Å². The Bertz CT molecular complexity index is 321. The molecular formula is C14H26N2O3. The molecule has 110 valence electrons. The Kier molecular flexibility index (Phi) is 4.36. The monoisotopic (exact) mass is 270 g/mol. The van der Waals surface area contributed by atoms with Crippen molar-refractivity contribution in [2.45, 2.75) is 57.7 Å². The number of nitrogens with one attached hydrogen (secondary N) is 1. The molecule has 1 aliphatic heterocycles. The molecule has 0 spiro atoms. The number of hydrogen-bond acceptors (Lipinski definition) is 4. The van der Waals surface area contributed by atoms with Crippen LogP contribution in [-0.2, 0) is 4.74 Å². The van der Waals surface area contributed by atoms with Crippen LogP contribution in [0.2, 0.25) is 0 Å². The van der Waals surface area contributed by atoms with Crippen LogP contribution in [0.1, 0.15) is 40.0 Å². The first-order valence-corrected chi connectivity index (χ1v) is 7.24. The molecule has 1 saturated carbocycles. The summed E-state index contributed by atoms with van der Waals surface area (Å²) in [5.41, 5.74) is -0.428. The average molecular weight is 270 g/mol. The highest BCUT2D eigenvalue weighted by atomic mass is 16.6. The zero-order valence-electron chi connectivity index (χ0n) is 12.2. The smallest absolute Gasteiger partial charge is 0.410 e. The molecule has 0 aromatic carbocycles. The zero-order chi connectivity index (χ0) is 14.0. The number of ether oxygens (including phenoxy) is 1. The molecule has 2 aliphatic rings. The molecule has 1 amide bonds. The normalized spacial score (nSPS) is 28.3. The van der Waals surface area contributed by atoms with E-state index < -0.39 is 5.60 Å². The Hall–Kier alpha value is -0.810. The molecule has 1 aliphatic carbocycles. The van der Waals surface area contributed by atoms with Gasteiger partial charge in [0.15, 0.2) is 0 Å². The van der Waals surface area contributed by atoms with E-state index in [2.05, 4.69) is 5.32 Å². The molecule has 1 saturated heterocycles. The lowest BCUT2D eigenvalue weighted by atomic mass is 10.0. The number of aliphatic hydroxyl groups excluding tert-OH is 1. The Labute approximate surface area is 115 Å². The minimum Gasteiger partial charge on any atom is -0.444 e. The van der Waals surface area contributed by atoms with Gasteiger partial charge >= 0.3 is 6.09 Å². The highest BCUT2D eigenvalue weighted by Crippen LogP contribution is 2.26. The summed E-state index contributed by atoms with van der Waals surface area (Å²) in [5, 5.41) is 12.8. The zero-order valence-corrected chi connectivity index (χ0v) is 12.2. The molecular weight excluding hydrogens is 244 g/mol. The van der Waals surface area contributed by atoms with E-state index in [4.69, 9.17) is 4.74 Å². The summed E-state index contributed by atoms with van der Waals surface area (Å²) in [5.74, 6) is 0.385. The number of nitrogens with zero attached hydrogens (tertiary/aromatic N) is 1. The first-order chi connectivity index (χ1) is 8.89. The molecule has 2 rings (SSSR count). The van der Waals surface area contributed by atoms with Crippen LogP contribution in [0.3, 0.4) is 0 Å². The molecule has 5 heteroatoms. The van der Waals surface area contributed by atoms with Crippen molar-refractivity contribution in [3.63, 3.8) is 0 Å². The third-order valence-corrected chi connectivity index (χ3v) is 3.88. The van der Waals surface area contributed by atoms with E-state index >= 15 is 0 Å². The fourth-order valence-corrected chi connectivity index (χ4v) is 2.84. The molecule has 2 unspecified atom stereocenters. The Morgan fingerprint density at radius 2 is 2.05 bits per heavy atom. The molecule has 0 bridgehead atoms. The lowest BCUT2D eigenvalue weighted by Crippen LogP contribution is -2.62. The van der Waals surface area contributed by atoms with Crippen molar-refractivity contribution in [1.82, 2.24) is 10.2 Å². The number of aliphatic hydroxyl groups is 1. The first kappa shape index (κ1) is 14.6. The van der Waals surface area contributed by atoms with Crippen LogP contribution in [0, 0.1) is 5.92 Å². The number of amides is 1. The number of hydrogen-bond donors (Lipinski definition) is 2. The molecule has 0 aromatic rings. The standard InChI is InChI=1S/C14H26N2O3/c1-14(2,3)19-13(18)16-7-11(8-16)15-12-6-4-5-10(12)9-17/h10-12,15,17H,4-9H2,1-3H3. The van der Waals surface area contributed by atoms with Crippen LogP contribution < -0.4 is 5.32 Å². The molecule has 5 nitrogen and oxygen atoms in total. The van der Waals surface area contributed by atoms with E-state index in [0.29, 0.717) is 31.1 Å². The summed E-state index contributed by atoms with van der Waals surface area (Å²) in [6, 6.07) is 0.764. The predicted molar refractivity (Wildman–Crippen MR) is 72.9 cm³/mol. The van der Waals surface area contributed by atoms with Gasteiger partial charge in [0.2, 0.25) is 0 Å². The van der Waals surface area contributed by atoms with Gasteiger partial charge in [-0.1, -0.05) is 6.42 Å². The SMILES string of the molecule is CC(C)(C)OC(=O)N1CC(NC2CCCC2CO)C1. The molecule has 2 atom stereocenters. The van der Waals surface area contributed by atoms with Crippen molar-refractivity contribution in [3.8, 4) is 0 Å². The maximum absolute atomic E-state index is 11.8. The van der Waals surface area contributed by atoms with Gasteiger partial charge in [-0.3, -0.25) is 0 Å². The highest BCUT2D eigenvalue weighted by molar-refractivity contribution is 5.69. The Morgan fingerprint density at radius 3 is 2.63 bits per heavy atom. The Morgan fingerprint density at radius 1 is 1.37 bits per heavy atom. The predicted octanol–water partition coefficient (Wildman–Crippen LogP) is 1.36. The largest absolute Gasteiger partial charge is 0.444 e. The molecule has 0 radical (unpaired) electrons. The van der Waals surface area contributed by atoms with Crippen LogP contribution in [0.5, 0.6) is 0 Å². The van der Waals surface area contributed by atoms with Crippen LogP contribution in [-0.4, -0.2) is 53.5 Å². The second-order valence-electron chi connectivity index (χ2n) is 6.73. The van der Waals surface area contributed by atoms with Gasteiger partial charge < -0.3 is 20.1 Å². The van der Waals surface area contributed by atoms with Crippen molar-refractivity contribution in [2.75, 3.05) is 19.7 Å². The Balaban J connectivity index is 1.70. The molecule has 1 heterocycles. The summed E-state index contributed by atoms with van der Waals surface area (Å²) >= 11 is 0. The fourth-order valence-electron chi connectivity index (χ4n) is 2.84. The third kappa shape index (κ3) is 3.83. The van der Waals surface area contributed by atoms with E-state index in [0.717, 1.165) is 12.8 Å². The van der Waals surface area contributed by atoms with Crippen LogP contribution in [0.15, 0.2) is 0 Å². The van der Waals surface area contributed by atoms with Gasteiger partial charge in [-0.2, -0.15) is 0 Å². The maximum Gasteiger partial charge on any atom is 0.410 e. The summed E-state index contributed by atoms with van der Waals surface area (Å²) < 4.78 is 5.32. The summed E-state index contributed by atoms with van der Waals surface area (Å²) in [6.07, 6.45) is 3.20. The highest BCUT2D eigenvalue weighted by Gasteiger charge is 2.36. The fraction of sp³-hybridized carbons (Fsp3) is 0.929. The number of carbonyl (C=O) groups is 1. The minimum absolute atomic E-state index is 0.226. The maximum atomic E-state index is 11.8. The first-order valence-electron chi connectivity index (χ1n) is 7.24. The van der Waals surface area contributed by atoms with Crippen molar-refractivity contribution >= 4 is 6.09 Å². The van der Waals surface area contributed by atoms with Gasteiger partial charge in [0.25, 0.3) is 0 Å². The van der Waals surface area contributed by atoms with E-state index in [9.17, 15) is 9.90 Å². The second kappa shape index (κ2) is 5.67. The van der Waals surface area contributed by atoms with Crippen molar-refractivity contribution in [3.05, 3.63) is 0 Å². The third-order valence-electron chi connectivity index (χ3n) is 3.88. The van der Waals surface area contributed by atoms with Gasteiger partial charge in [0.05, 0.1) is 0 Å². The van der Waals surface area contributed by atoms with Crippen molar-refractivity contribution < 1.29 is 14.6 Å². The van der Waals surface area contributed by atoms with Crippen LogP contribution in [0.4, 0.5) is 4.79 Å². The molecule has 19 heavy (non-hydrogen) atoms.